The molecular weight excluding hydrogens is 433 g/mol. The fraction of sp³-hybridized carbons (Fsp3) is 0.250. The first kappa shape index (κ1) is 21.7. The van der Waals surface area contributed by atoms with Gasteiger partial charge in [-0.05, 0) is 61.1 Å². The van der Waals surface area contributed by atoms with Crippen molar-refractivity contribution in [2.45, 2.75) is 30.7 Å². The van der Waals surface area contributed by atoms with Gasteiger partial charge in [0.2, 0.25) is 0 Å². The smallest absolute Gasteiger partial charge is 0.257 e. The van der Waals surface area contributed by atoms with Crippen LogP contribution < -0.4 is 5.32 Å². The Morgan fingerprint density at radius 3 is 2.58 bits per heavy atom. The third-order valence-corrected chi connectivity index (χ3v) is 6.48. The van der Waals surface area contributed by atoms with Crippen LogP contribution in [0.25, 0.3) is 0 Å². The maximum Gasteiger partial charge on any atom is 0.257 e. The third kappa shape index (κ3) is 4.86. The average molecular weight is 456 g/mol. The Balaban J connectivity index is 1.53. The number of rotatable bonds is 4. The zero-order valence-electron chi connectivity index (χ0n) is 17.1. The molecule has 1 aliphatic rings. The lowest BCUT2D eigenvalue weighted by Crippen LogP contribution is -2.38. The molecule has 2 aromatic carbocycles. The second kappa shape index (κ2) is 9.28. The summed E-state index contributed by atoms with van der Waals surface area (Å²) in [5, 5.41) is 3.96. The number of piperidine rings is 1. The first-order valence-electron chi connectivity index (χ1n) is 10.2. The highest BCUT2D eigenvalue weighted by atomic mass is 35.5. The van der Waals surface area contributed by atoms with E-state index in [2.05, 4.69) is 22.9 Å². The van der Waals surface area contributed by atoms with Gasteiger partial charge >= 0.3 is 0 Å². The van der Waals surface area contributed by atoms with Crippen LogP contribution in [0.2, 0.25) is 5.02 Å². The van der Waals surface area contributed by atoms with Crippen molar-refractivity contribution in [3.63, 3.8) is 0 Å². The van der Waals surface area contributed by atoms with E-state index in [-0.39, 0.29) is 11.7 Å². The van der Waals surface area contributed by atoms with Gasteiger partial charge in [-0.25, -0.2) is 9.37 Å². The van der Waals surface area contributed by atoms with Gasteiger partial charge in [0.1, 0.15) is 10.8 Å². The van der Waals surface area contributed by atoms with E-state index >= 15 is 0 Å². The normalized spacial score (nSPS) is 14.5. The molecule has 0 unspecified atom stereocenters. The Morgan fingerprint density at radius 1 is 1.19 bits per heavy atom. The Labute approximate surface area is 191 Å². The van der Waals surface area contributed by atoms with Crippen molar-refractivity contribution < 1.29 is 9.18 Å². The maximum atomic E-state index is 13.3. The zero-order valence-corrected chi connectivity index (χ0v) is 18.8. The largest absolute Gasteiger partial charge is 0.354 e. The predicted molar refractivity (Wildman–Crippen MR) is 125 cm³/mol. The van der Waals surface area contributed by atoms with Crippen molar-refractivity contribution in [3.8, 4) is 0 Å². The van der Waals surface area contributed by atoms with Gasteiger partial charge < -0.3 is 10.2 Å². The molecule has 31 heavy (non-hydrogen) atoms. The average Bonchev–Trinajstić information content (AvgIpc) is 2.77. The molecular formula is C24H23ClFN3OS. The van der Waals surface area contributed by atoms with E-state index in [1.165, 1.54) is 18.3 Å². The van der Waals surface area contributed by atoms with Crippen molar-refractivity contribution >= 4 is 41.5 Å². The van der Waals surface area contributed by atoms with Crippen LogP contribution >= 0.6 is 24.2 Å². The highest BCUT2D eigenvalue weighted by Crippen LogP contribution is 2.35. The lowest BCUT2D eigenvalue weighted by atomic mass is 9.89. The number of thiol groups is 1. The van der Waals surface area contributed by atoms with Gasteiger partial charge in [-0.2, -0.15) is 0 Å². The number of nitrogens with one attached hydrogen (secondary N) is 1. The van der Waals surface area contributed by atoms with Crippen molar-refractivity contribution in [3.05, 3.63) is 82.3 Å². The van der Waals surface area contributed by atoms with Gasteiger partial charge in [0.15, 0.2) is 0 Å². The summed E-state index contributed by atoms with van der Waals surface area (Å²) < 4.78 is 13.2. The quantitative estimate of drug-likeness (QED) is 0.458. The first-order valence-corrected chi connectivity index (χ1v) is 11.0. The molecule has 4 rings (SSSR count). The molecule has 0 saturated carbocycles. The monoisotopic (exact) mass is 455 g/mol. The minimum Gasteiger partial charge on any atom is -0.354 e. The molecule has 1 amide bonds. The summed E-state index contributed by atoms with van der Waals surface area (Å²) in [5.41, 5.74) is 3.98. The topological polar surface area (TPSA) is 45.2 Å². The molecule has 1 fully saturated rings. The van der Waals surface area contributed by atoms with E-state index in [4.69, 9.17) is 11.6 Å². The number of halogens is 2. The molecule has 3 aromatic rings. The van der Waals surface area contributed by atoms with Crippen LogP contribution in [0.5, 0.6) is 0 Å². The number of carbonyl (C=O) groups is 1. The number of hydrogen-bond donors (Lipinski definition) is 2. The van der Waals surface area contributed by atoms with Crippen molar-refractivity contribution in [1.82, 2.24) is 9.88 Å². The minimum absolute atomic E-state index is 0.115. The highest BCUT2D eigenvalue weighted by Gasteiger charge is 2.27. The summed E-state index contributed by atoms with van der Waals surface area (Å²) in [6, 6.07) is 14.5. The van der Waals surface area contributed by atoms with Crippen LogP contribution in [0.15, 0.2) is 59.8 Å². The zero-order chi connectivity index (χ0) is 22.0. The molecule has 0 aliphatic carbocycles. The summed E-state index contributed by atoms with van der Waals surface area (Å²) in [6.07, 6.45) is 3.17. The fourth-order valence-electron chi connectivity index (χ4n) is 3.95. The van der Waals surface area contributed by atoms with E-state index in [0.29, 0.717) is 40.3 Å². The Hall–Kier alpha value is -2.57. The maximum absolute atomic E-state index is 13.3. The second-order valence-electron chi connectivity index (χ2n) is 7.80. The number of nitrogens with zero attached hydrogens (tertiary/aromatic N) is 2. The van der Waals surface area contributed by atoms with E-state index in [9.17, 15) is 9.18 Å². The van der Waals surface area contributed by atoms with Crippen molar-refractivity contribution in [2.75, 3.05) is 18.4 Å². The lowest BCUT2D eigenvalue weighted by Gasteiger charge is -2.32. The van der Waals surface area contributed by atoms with E-state index in [1.807, 2.05) is 48.2 Å². The van der Waals surface area contributed by atoms with Gasteiger partial charge in [-0.1, -0.05) is 35.9 Å². The second-order valence-corrected chi connectivity index (χ2v) is 8.60. The third-order valence-electron chi connectivity index (χ3n) is 5.64. The van der Waals surface area contributed by atoms with Crippen LogP contribution in [-0.4, -0.2) is 28.9 Å². The highest BCUT2D eigenvalue weighted by molar-refractivity contribution is 7.80. The van der Waals surface area contributed by atoms with Gasteiger partial charge in [0.05, 0.1) is 16.3 Å². The van der Waals surface area contributed by atoms with Gasteiger partial charge in [-0.15, -0.1) is 12.6 Å². The predicted octanol–water partition coefficient (Wildman–Crippen LogP) is 6.23. The first-order chi connectivity index (χ1) is 14.9. The van der Waals surface area contributed by atoms with Crippen molar-refractivity contribution in [2.24, 2.45) is 0 Å². The fourth-order valence-corrected chi connectivity index (χ4v) is 4.32. The molecule has 0 bridgehead atoms. The molecule has 1 aromatic heterocycles. The molecule has 1 saturated heterocycles. The lowest BCUT2D eigenvalue weighted by molar-refractivity contribution is 0.0713. The molecule has 160 valence electrons. The number of benzene rings is 2. The van der Waals surface area contributed by atoms with Crippen LogP contribution in [0.3, 0.4) is 0 Å². The number of pyridine rings is 1. The molecule has 2 heterocycles. The summed E-state index contributed by atoms with van der Waals surface area (Å²) in [5.74, 6) is -0.0338. The Bertz CT molecular complexity index is 1100. The minimum atomic E-state index is -0.234. The molecule has 1 N–H and O–H groups in total. The van der Waals surface area contributed by atoms with E-state index in [1.54, 1.807) is 0 Å². The molecule has 0 radical (unpaired) electrons. The Morgan fingerprint density at radius 2 is 1.90 bits per heavy atom. The molecule has 0 spiro atoms. The van der Waals surface area contributed by atoms with E-state index < -0.39 is 0 Å². The summed E-state index contributed by atoms with van der Waals surface area (Å²) >= 11 is 10.8. The molecule has 7 heteroatoms. The van der Waals surface area contributed by atoms with Crippen LogP contribution in [0, 0.1) is 12.7 Å². The number of anilines is 2. The summed E-state index contributed by atoms with van der Waals surface area (Å²) in [4.78, 5) is 19.4. The van der Waals surface area contributed by atoms with Crippen LogP contribution in [0.1, 0.15) is 40.2 Å². The standard InChI is InChI=1S/C24H23ClFN3OS/c1-15-3-2-4-19(13-15)28-22-20(14-27-23(31)21(22)25)24(30)29-11-9-17(10-12-29)16-5-7-18(26)8-6-16/h2-8,13-14,17H,9-12H2,1H3,(H2,27,28,31). The number of likely N-dealkylation sites (tertiary alicyclic amines) is 1. The van der Waals surface area contributed by atoms with Gasteiger partial charge in [0.25, 0.3) is 5.91 Å². The van der Waals surface area contributed by atoms with Crippen LogP contribution in [-0.2, 0) is 0 Å². The van der Waals surface area contributed by atoms with Crippen LogP contribution in [0.4, 0.5) is 15.8 Å². The number of aromatic nitrogens is 1. The summed E-state index contributed by atoms with van der Waals surface area (Å²) in [7, 11) is 0. The van der Waals surface area contributed by atoms with Crippen molar-refractivity contribution in [1.29, 1.82) is 0 Å². The van der Waals surface area contributed by atoms with Gasteiger partial charge in [-0.3, -0.25) is 4.79 Å². The molecule has 1 aliphatic heterocycles. The number of carbonyl (C=O) groups excluding carboxylic acids is 1. The van der Waals surface area contributed by atoms with E-state index in [0.717, 1.165) is 29.7 Å². The van der Waals surface area contributed by atoms with Gasteiger partial charge in [0, 0.05) is 25.0 Å². The SMILES string of the molecule is Cc1cccc(Nc2c(C(=O)N3CCC(c4ccc(F)cc4)CC3)cnc(S)c2Cl)c1. The molecule has 4 nitrogen and oxygen atoms in total. The molecule has 0 atom stereocenters. The Kier molecular flexibility index (Phi) is 6.49. The number of amides is 1. The number of hydrogen-bond acceptors (Lipinski definition) is 4. The number of aryl methyl sites for hydroxylation is 1. The summed E-state index contributed by atoms with van der Waals surface area (Å²) in [6.45, 7) is 3.23.